The summed E-state index contributed by atoms with van der Waals surface area (Å²) in [6.07, 6.45) is 4.48. The molecule has 0 N–H and O–H groups in total. The zero-order chi connectivity index (χ0) is 11.7. The van der Waals surface area contributed by atoms with Crippen LogP contribution in [0.1, 0.15) is 12.8 Å². The highest BCUT2D eigenvalue weighted by molar-refractivity contribution is 9.09. The van der Waals surface area contributed by atoms with E-state index >= 15 is 0 Å². The molecular weight excluding hydrogens is 278 g/mol. The predicted molar refractivity (Wildman–Crippen MR) is 73.7 cm³/mol. The molecule has 1 aliphatic carbocycles. The maximum atomic E-state index is 4.18. The van der Waals surface area contributed by atoms with Crippen molar-refractivity contribution in [2.45, 2.75) is 18.9 Å². The van der Waals surface area contributed by atoms with Crippen LogP contribution in [-0.4, -0.2) is 28.1 Å². The number of aromatic nitrogens is 2. The molecular formula is C13H14BrN3. The van der Waals surface area contributed by atoms with Gasteiger partial charge in [0.15, 0.2) is 0 Å². The lowest BCUT2D eigenvalue weighted by molar-refractivity contribution is 0.831. The Morgan fingerprint density at radius 1 is 1.29 bits per heavy atom. The van der Waals surface area contributed by atoms with E-state index < -0.39 is 0 Å². The molecule has 17 heavy (non-hydrogen) atoms. The van der Waals surface area contributed by atoms with Gasteiger partial charge in [0.05, 0.1) is 17.4 Å². The van der Waals surface area contributed by atoms with E-state index in [0.29, 0.717) is 6.04 Å². The molecule has 0 aliphatic heterocycles. The first-order chi connectivity index (χ1) is 8.40. The molecule has 4 heteroatoms. The number of benzene rings is 1. The van der Waals surface area contributed by atoms with E-state index in [1.54, 1.807) is 0 Å². The van der Waals surface area contributed by atoms with E-state index in [9.17, 15) is 0 Å². The lowest BCUT2D eigenvalue weighted by atomic mass is 10.2. The molecule has 1 aliphatic rings. The van der Waals surface area contributed by atoms with E-state index in [-0.39, 0.29) is 0 Å². The number of nitrogens with zero attached hydrogens (tertiary/aromatic N) is 3. The average molecular weight is 292 g/mol. The third-order valence-electron chi connectivity index (χ3n) is 3.15. The number of hydrogen-bond donors (Lipinski definition) is 0. The predicted octanol–water partition coefficient (Wildman–Crippen LogP) is 2.99. The fourth-order valence-corrected chi connectivity index (χ4v) is 2.58. The molecule has 3 rings (SSSR count). The summed E-state index contributed by atoms with van der Waals surface area (Å²) in [7, 11) is 0. The molecule has 1 aromatic carbocycles. The first-order valence-corrected chi connectivity index (χ1v) is 7.05. The highest BCUT2D eigenvalue weighted by Crippen LogP contribution is 2.34. The van der Waals surface area contributed by atoms with Crippen LogP contribution in [0, 0.1) is 0 Å². The first-order valence-electron chi connectivity index (χ1n) is 5.93. The highest BCUT2D eigenvalue weighted by Gasteiger charge is 2.29. The van der Waals surface area contributed by atoms with Crippen LogP contribution in [0.15, 0.2) is 30.5 Å². The van der Waals surface area contributed by atoms with Gasteiger partial charge in [0.2, 0.25) is 0 Å². The molecule has 1 heterocycles. The van der Waals surface area contributed by atoms with Gasteiger partial charge in [0.1, 0.15) is 0 Å². The van der Waals surface area contributed by atoms with Gasteiger partial charge in [0, 0.05) is 23.3 Å². The van der Waals surface area contributed by atoms with Gasteiger partial charge in [-0.3, -0.25) is 0 Å². The molecule has 88 valence electrons. The maximum Gasteiger partial charge on any atom is 0.0950 e. The molecule has 0 amide bonds. The van der Waals surface area contributed by atoms with Gasteiger partial charge in [-0.15, -0.1) is 0 Å². The number of hydrogen-bond acceptors (Lipinski definition) is 3. The second-order valence-electron chi connectivity index (χ2n) is 4.36. The van der Waals surface area contributed by atoms with Crippen LogP contribution in [0.2, 0.25) is 0 Å². The lowest BCUT2D eigenvalue weighted by Crippen LogP contribution is -2.28. The standard InChI is InChI=1S/C13H14BrN3/c14-7-8-17(10-5-6-10)13-9-15-16-12-4-2-1-3-11(12)13/h1-4,9-10H,5-8H2. The Balaban J connectivity index is 2.08. The SMILES string of the molecule is BrCCN(c1cnnc2ccccc12)C1CC1. The topological polar surface area (TPSA) is 29.0 Å². The summed E-state index contributed by atoms with van der Waals surface area (Å²) >= 11 is 3.53. The zero-order valence-corrected chi connectivity index (χ0v) is 11.1. The van der Waals surface area contributed by atoms with Crippen molar-refractivity contribution in [3.05, 3.63) is 30.5 Å². The number of rotatable bonds is 4. The van der Waals surface area contributed by atoms with Gasteiger partial charge in [-0.1, -0.05) is 34.1 Å². The molecule has 0 unspecified atom stereocenters. The van der Waals surface area contributed by atoms with Crippen molar-refractivity contribution in [1.82, 2.24) is 10.2 Å². The normalized spacial score (nSPS) is 15.1. The minimum absolute atomic E-state index is 0.695. The third-order valence-corrected chi connectivity index (χ3v) is 3.50. The van der Waals surface area contributed by atoms with Gasteiger partial charge in [-0.2, -0.15) is 10.2 Å². The van der Waals surface area contributed by atoms with Gasteiger partial charge < -0.3 is 4.90 Å². The highest BCUT2D eigenvalue weighted by atomic mass is 79.9. The third kappa shape index (κ3) is 2.14. The van der Waals surface area contributed by atoms with Crippen LogP contribution in [-0.2, 0) is 0 Å². The first kappa shape index (κ1) is 11.0. The minimum atomic E-state index is 0.695. The summed E-state index contributed by atoms with van der Waals surface area (Å²) in [5, 5.41) is 10.5. The maximum absolute atomic E-state index is 4.18. The van der Waals surface area contributed by atoms with Gasteiger partial charge in [-0.05, 0) is 18.9 Å². The Hall–Kier alpha value is -1.16. The largest absolute Gasteiger partial charge is 0.366 e. The Bertz CT molecular complexity index is 520. The van der Waals surface area contributed by atoms with Crippen LogP contribution in [0.3, 0.4) is 0 Å². The monoisotopic (exact) mass is 291 g/mol. The summed E-state index contributed by atoms with van der Waals surface area (Å²) in [5.74, 6) is 0. The van der Waals surface area contributed by atoms with Gasteiger partial charge >= 0.3 is 0 Å². The summed E-state index contributed by atoms with van der Waals surface area (Å²) in [4.78, 5) is 2.45. The molecule has 0 radical (unpaired) electrons. The number of alkyl halides is 1. The van der Waals surface area contributed by atoms with E-state index in [1.165, 1.54) is 23.9 Å². The minimum Gasteiger partial charge on any atom is -0.366 e. The van der Waals surface area contributed by atoms with Crippen LogP contribution in [0.4, 0.5) is 5.69 Å². The average Bonchev–Trinajstić information content (AvgIpc) is 3.20. The second kappa shape index (κ2) is 4.61. The second-order valence-corrected chi connectivity index (χ2v) is 5.15. The van der Waals surface area contributed by atoms with E-state index in [2.05, 4.69) is 43.2 Å². The molecule has 1 fully saturated rings. The zero-order valence-electron chi connectivity index (χ0n) is 9.51. The van der Waals surface area contributed by atoms with Crippen LogP contribution in [0.5, 0.6) is 0 Å². The molecule has 2 aromatic rings. The van der Waals surface area contributed by atoms with E-state index in [4.69, 9.17) is 0 Å². The summed E-state index contributed by atoms with van der Waals surface area (Å²) in [6, 6.07) is 8.91. The fourth-order valence-electron chi connectivity index (χ4n) is 2.20. The lowest BCUT2D eigenvalue weighted by Gasteiger charge is -2.24. The van der Waals surface area contributed by atoms with Crippen LogP contribution in [0.25, 0.3) is 10.9 Å². The Labute approximate surface area is 109 Å². The number of fused-ring (bicyclic) bond motifs is 1. The van der Waals surface area contributed by atoms with Crippen molar-refractivity contribution in [2.75, 3.05) is 16.8 Å². The van der Waals surface area contributed by atoms with Crippen molar-refractivity contribution in [3.63, 3.8) is 0 Å². The quantitative estimate of drug-likeness (QED) is 0.811. The Morgan fingerprint density at radius 2 is 2.12 bits per heavy atom. The summed E-state index contributed by atoms with van der Waals surface area (Å²) < 4.78 is 0. The number of anilines is 1. The van der Waals surface area contributed by atoms with Crippen molar-refractivity contribution >= 4 is 32.5 Å². The Morgan fingerprint density at radius 3 is 2.88 bits per heavy atom. The van der Waals surface area contributed by atoms with E-state index in [1.807, 2.05) is 18.3 Å². The van der Waals surface area contributed by atoms with Gasteiger partial charge in [-0.25, -0.2) is 0 Å². The molecule has 1 aromatic heterocycles. The van der Waals surface area contributed by atoms with Crippen molar-refractivity contribution in [1.29, 1.82) is 0 Å². The fraction of sp³-hybridized carbons (Fsp3) is 0.385. The molecule has 0 bridgehead atoms. The molecule has 0 saturated heterocycles. The number of halogens is 1. The smallest absolute Gasteiger partial charge is 0.0950 e. The summed E-state index contributed by atoms with van der Waals surface area (Å²) in [6.45, 7) is 1.03. The van der Waals surface area contributed by atoms with E-state index in [0.717, 1.165) is 17.4 Å². The van der Waals surface area contributed by atoms with Gasteiger partial charge in [0.25, 0.3) is 0 Å². The van der Waals surface area contributed by atoms with Crippen LogP contribution >= 0.6 is 15.9 Å². The molecule has 0 spiro atoms. The van der Waals surface area contributed by atoms with Crippen molar-refractivity contribution < 1.29 is 0 Å². The molecule has 0 atom stereocenters. The van der Waals surface area contributed by atoms with Crippen molar-refractivity contribution in [2.24, 2.45) is 0 Å². The Kier molecular flexibility index (Phi) is 2.97. The molecule has 3 nitrogen and oxygen atoms in total. The molecule has 1 saturated carbocycles. The van der Waals surface area contributed by atoms with Crippen molar-refractivity contribution in [3.8, 4) is 0 Å². The summed E-state index contributed by atoms with van der Waals surface area (Å²) in [5.41, 5.74) is 2.20. The van der Waals surface area contributed by atoms with Crippen LogP contribution < -0.4 is 4.90 Å².